The van der Waals surface area contributed by atoms with Crippen LogP contribution < -0.4 is 4.74 Å². The fourth-order valence-corrected chi connectivity index (χ4v) is 1.11. The van der Waals surface area contributed by atoms with E-state index in [1.165, 1.54) is 0 Å². The van der Waals surface area contributed by atoms with Gasteiger partial charge in [-0.05, 0) is 25.5 Å². The Morgan fingerprint density at radius 3 is 2.75 bits per heavy atom. The highest BCUT2D eigenvalue weighted by molar-refractivity contribution is 6.32. The zero-order valence-corrected chi connectivity index (χ0v) is 7.78. The van der Waals surface area contributed by atoms with Crippen molar-refractivity contribution in [2.75, 3.05) is 6.61 Å². The first-order valence-electron chi connectivity index (χ1n) is 3.74. The summed E-state index contributed by atoms with van der Waals surface area (Å²) in [5, 5.41) is 0.319. The van der Waals surface area contributed by atoms with Crippen LogP contribution in [0.15, 0.2) is 12.1 Å². The van der Waals surface area contributed by atoms with Crippen LogP contribution >= 0.6 is 11.6 Å². The quantitative estimate of drug-likeness (QED) is 0.693. The van der Waals surface area contributed by atoms with E-state index in [0.717, 1.165) is 0 Å². The molecule has 0 N–H and O–H groups in total. The second-order valence-electron chi connectivity index (χ2n) is 2.44. The molecule has 0 aliphatic heterocycles. The largest absolute Gasteiger partial charge is 0.489 e. The number of aryl methyl sites for hydroxylation is 1. The van der Waals surface area contributed by atoms with E-state index in [9.17, 15) is 4.39 Å². The minimum atomic E-state index is -0.371. The summed E-state index contributed by atoms with van der Waals surface area (Å²) in [6, 6.07) is 3.26. The summed E-state index contributed by atoms with van der Waals surface area (Å²) in [6.07, 6.45) is 0. The zero-order chi connectivity index (χ0) is 9.14. The minimum absolute atomic E-state index is 0.152. The fourth-order valence-electron chi connectivity index (χ4n) is 0.908. The van der Waals surface area contributed by atoms with Crippen LogP contribution in [0, 0.1) is 12.7 Å². The number of rotatable bonds is 2. The fraction of sp³-hybridized carbons (Fsp3) is 0.333. The molecule has 1 aromatic carbocycles. The average molecular weight is 189 g/mol. The Morgan fingerprint density at radius 2 is 2.17 bits per heavy atom. The van der Waals surface area contributed by atoms with Gasteiger partial charge in [0.15, 0.2) is 11.6 Å². The molecule has 0 aliphatic rings. The molecular weight excluding hydrogens is 179 g/mol. The number of ether oxygens (including phenoxy) is 1. The van der Waals surface area contributed by atoms with Crippen LogP contribution in [0.2, 0.25) is 5.02 Å². The second kappa shape index (κ2) is 3.76. The van der Waals surface area contributed by atoms with Crippen molar-refractivity contribution >= 4 is 11.6 Å². The van der Waals surface area contributed by atoms with Gasteiger partial charge in [0.05, 0.1) is 11.6 Å². The molecule has 0 fully saturated rings. The van der Waals surface area contributed by atoms with Crippen LogP contribution in [0.5, 0.6) is 5.75 Å². The van der Waals surface area contributed by atoms with Crippen molar-refractivity contribution in [1.29, 1.82) is 0 Å². The van der Waals surface area contributed by atoms with E-state index in [-0.39, 0.29) is 11.6 Å². The van der Waals surface area contributed by atoms with Crippen LogP contribution in [0.1, 0.15) is 12.5 Å². The Hall–Kier alpha value is -0.760. The molecular formula is C9H10ClFO. The summed E-state index contributed by atoms with van der Waals surface area (Å²) in [5.41, 5.74) is 0.544. The highest BCUT2D eigenvalue weighted by atomic mass is 35.5. The predicted octanol–water partition coefficient (Wildman–Crippen LogP) is 3.19. The van der Waals surface area contributed by atoms with Gasteiger partial charge in [-0.3, -0.25) is 0 Å². The molecule has 0 unspecified atom stereocenters. The van der Waals surface area contributed by atoms with Crippen LogP contribution in [-0.4, -0.2) is 6.61 Å². The van der Waals surface area contributed by atoms with Gasteiger partial charge >= 0.3 is 0 Å². The van der Waals surface area contributed by atoms with E-state index in [1.54, 1.807) is 26.0 Å². The minimum Gasteiger partial charge on any atom is -0.489 e. The van der Waals surface area contributed by atoms with Gasteiger partial charge in [0.25, 0.3) is 0 Å². The number of benzene rings is 1. The third-order valence-corrected chi connectivity index (χ3v) is 1.83. The molecule has 0 saturated carbocycles. The van der Waals surface area contributed by atoms with Crippen LogP contribution in [0.4, 0.5) is 4.39 Å². The first-order chi connectivity index (χ1) is 5.66. The molecule has 0 spiro atoms. The lowest BCUT2D eigenvalue weighted by Gasteiger charge is -2.07. The average Bonchev–Trinajstić information content (AvgIpc) is 2.06. The van der Waals surface area contributed by atoms with E-state index < -0.39 is 0 Å². The van der Waals surface area contributed by atoms with Gasteiger partial charge in [-0.25, -0.2) is 4.39 Å². The van der Waals surface area contributed by atoms with Crippen molar-refractivity contribution in [2.24, 2.45) is 0 Å². The standard InChI is InChI=1S/C9H10ClFO/c1-3-12-9-7(10)5-4-6(2)8(9)11/h4-5H,3H2,1-2H3. The van der Waals surface area contributed by atoms with E-state index >= 15 is 0 Å². The maximum Gasteiger partial charge on any atom is 0.173 e. The van der Waals surface area contributed by atoms with E-state index in [2.05, 4.69) is 0 Å². The van der Waals surface area contributed by atoms with Crippen LogP contribution in [0.25, 0.3) is 0 Å². The van der Waals surface area contributed by atoms with Crippen molar-refractivity contribution in [3.8, 4) is 5.75 Å². The van der Waals surface area contributed by atoms with Gasteiger partial charge in [0.1, 0.15) is 0 Å². The summed E-state index contributed by atoms with van der Waals surface area (Å²) in [7, 11) is 0. The Balaban J connectivity index is 3.14. The summed E-state index contributed by atoms with van der Waals surface area (Å²) >= 11 is 5.72. The Bertz CT molecular complexity index is 286. The molecule has 0 radical (unpaired) electrons. The zero-order valence-electron chi connectivity index (χ0n) is 7.03. The lowest BCUT2D eigenvalue weighted by atomic mass is 10.2. The monoisotopic (exact) mass is 188 g/mol. The van der Waals surface area contributed by atoms with Gasteiger partial charge in [-0.2, -0.15) is 0 Å². The van der Waals surface area contributed by atoms with Gasteiger partial charge in [-0.1, -0.05) is 17.7 Å². The summed E-state index contributed by atoms with van der Waals surface area (Å²) < 4.78 is 18.3. The lowest BCUT2D eigenvalue weighted by Crippen LogP contribution is -1.96. The molecule has 1 nitrogen and oxygen atoms in total. The van der Waals surface area contributed by atoms with Crippen molar-refractivity contribution in [1.82, 2.24) is 0 Å². The van der Waals surface area contributed by atoms with E-state index in [0.29, 0.717) is 17.2 Å². The van der Waals surface area contributed by atoms with Crippen molar-refractivity contribution in [3.63, 3.8) is 0 Å². The van der Waals surface area contributed by atoms with E-state index in [4.69, 9.17) is 16.3 Å². The number of hydrogen-bond acceptors (Lipinski definition) is 1. The molecule has 3 heteroatoms. The SMILES string of the molecule is CCOc1c(Cl)ccc(C)c1F. The first-order valence-corrected chi connectivity index (χ1v) is 4.12. The molecule has 66 valence electrons. The van der Waals surface area contributed by atoms with Crippen molar-refractivity contribution < 1.29 is 9.13 Å². The lowest BCUT2D eigenvalue weighted by molar-refractivity contribution is 0.321. The topological polar surface area (TPSA) is 9.23 Å². The highest BCUT2D eigenvalue weighted by Crippen LogP contribution is 2.29. The molecule has 0 aromatic heterocycles. The Labute approximate surface area is 76.1 Å². The van der Waals surface area contributed by atoms with Gasteiger partial charge in [-0.15, -0.1) is 0 Å². The molecule has 0 amide bonds. The van der Waals surface area contributed by atoms with Crippen LogP contribution in [-0.2, 0) is 0 Å². The number of hydrogen-bond donors (Lipinski definition) is 0. The highest BCUT2D eigenvalue weighted by Gasteiger charge is 2.09. The predicted molar refractivity (Wildman–Crippen MR) is 47.3 cm³/mol. The van der Waals surface area contributed by atoms with Crippen molar-refractivity contribution in [3.05, 3.63) is 28.5 Å². The molecule has 0 atom stereocenters. The number of halogens is 2. The van der Waals surface area contributed by atoms with Crippen LogP contribution in [0.3, 0.4) is 0 Å². The third kappa shape index (κ3) is 1.69. The normalized spacial score (nSPS) is 10.0. The summed E-state index contributed by atoms with van der Waals surface area (Å²) in [6.45, 7) is 3.88. The summed E-state index contributed by atoms with van der Waals surface area (Å²) in [4.78, 5) is 0. The molecule has 1 rings (SSSR count). The second-order valence-corrected chi connectivity index (χ2v) is 2.85. The molecule has 0 aliphatic carbocycles. The smallest absolute Gasteiger partial charge is 0.173 e. The third-order valence-electron chi connectivity index (χ3n) is 1.53. The van der Waals surface area contributed by atoms with Crippen molar-refractivity contribution in [2.45, 2.75) is 13.8 Å². The van der Waals surface area contributed by atoms with E-state index in [1.807, 2.05) is 0 Å². The van der Waals surface area contributed by atoms with Gasteiger partial charge in [0.2, 0.25) is 0 Å². The molecule has 0 bridgehead atoms. The molecule has 1 aromatic rings. The Morgan fingerprint density at radius 1 is 1.50 bits per heavy atom. The maximum atomic E-state index is 13.2. The first kappa shape index (κ1) is 9.33. The molecule has 0 saturated heterocycles. The Kier molecular flexibility index (Phi) is 2.93. The molecule has 12 heavy (non-hydrogen) atoms. The van der Waals surface area contributed by atoms with Gasteiger partial charge < -0.3 is 4.74 Å². The summed E-state index contributed by atoms with van der Waals surface area (Å²) in [5.74, 6) is -0.219. The van der Waals surface area contributed by atoms with Gasteiger partial charge in [0, 0.05) is 0 Å². The maximum absolute atomic E-state index is 13.2. The molecule has 0 heterocycles.